The lowest BCUT2D eigenvalue weighted by molar-refractivity contribution is 0.260. The number of unbranched alkanes of at least 4 members (excludes halogenated alkanes) is 1. The smallest absolute Gasteiger partial charge is 0.206 e. The molecule has 0 atom stereocenters. The van der Waals surface area contributed by atoms with Gasteiger partial charge in [-0.25, -0.2) is 8.42 Å². The first-order chi connectivity index (χ1) is 9.16. The zero-order chi connectivity index (χ0) is 13.7. The second kappa shape index (κ2) is 6.24. The van der Waals surface area contributed by atoms with Gasteiger partial charge in [0, 0.05) is 6.42 Å². The van der Waals surface area contributed by atoms with E-state index < -0.39 is 9.84 Å². The third-order valence-corrected chi connectivity index (χ3v) is 5.24. The van der Waals surface area contributed by atoms with E-state index in [0.717, 1.165) is 25.7 Å². The lowest BCUT2D eigenvalue weighted by atomic mass is 10.2. The van der Waals surface area contributed by atoms with E-state index in [9.17, 15) is 8.42 Å². The van der Waals surface area contributed by atoms with E-state index in [1.807, 2.05) is 6.07 Å². The lowest BCUT2D eigenvalue weighted by Crippen LogP contribution is -2.08. The van der Waals surface area contributed by atoms with E-state index in [0.29, 0.717) is 28.6 Å². The summed E-state index contributed by atoms with van der Waals surface area (Å²) in [4.78, 5) is 0.849. The highest BCUT2D eigenvalue weighted by Gasteiger charge is 2.26. The Morgan fingerprint density at radius 2 is 2.00 bits per heavy atom. The van der Waals surface area contributed by atoms with Crippen LogP contribution in [0.3, 0.4) is 0 Å². The van der Waals surface area contributed by atoms with Crippen molar-refractivity contribution in [3.8, 4) is 0 Å². The Kier molecular flexibility index (Phi) is 4.64. The van der Waals surface area contributed by atoms with Gasteiger partial charge in [0.1, 0.15) is 5.76 Å². The van der Waals surface area contributed by atoms with Gasteiger partial charge in [0.25, 0.3) is 0 Å². The quantitative estimate of drug-likeness (QED) is 0.826. The molecule has 0 amide bonds. The summed E-state index contributed by atoms with van der Waals surface area (Å²) in [6.45, 7) is 2.70. The molecule has 1 aromatic rings. The van der Waals surface area contributed by atoms with E-state index in [4.69, 9.17) is 4.74 Å². The number of hydrogen-bond acceptors (Lipinski definition) is 3. The largest absolute Gasteiger partial charge is 0.497 e. The topological polar surface area (TPSA) is 43.4 Å². The van der Waals surface area contributed by atoms with Crippen LogP contribution < -0.4 is 0 Å². The van der Waals surface area contributed by atoms with Crippen molar-refractivity contribution in [2.75, 3.05) is 6.61 Å². The summed E-state index contributed by atoms with van der Waals surface area (Å²) in [5, 5.41) is 0. The summed E-state index contributed by atoms with van der Waals surface area (Å²) in [5.74, 6) is 0.678. The van der Waals surface area contributed by atoms with Crippen LogP contribution in [0.25, 0.3) is 0 Å². The molecule has 0 saturated carbocycles. The molecule has 1 saturated heterocycles. The van der Waals surface area contributed by atoms with Gasteiger partial charge in [-0.2, -0.15) is 0 Å². The first-order valence-corrected chi connectivity index (χ1v) is 8.29. The Hall–Kier alpha value is -1.29. The van der Waals surface area contributed by atoms with Crippen LogP contribution in [0.15, 0.2) is 45.9 Å². The van der Waals surface area contributed by atoms with Crippen molar-refractivity contribution in [1.82, 2.24) is 0 Å². The molecule has 0 bridgehead atoms. The molecular weight excluding hydrogens is 260 g/mol. The molecule has 1 fully saturated rings. The summed E-state index contributed by atoms with van der Waals surface area (Å²) in [6, 6.07) is 8.63. The molecule has 0 aliphatic carbocycles. The fourth-order valence-electron chi connectivity index (χ4n) is 2.22. The van der Waals surface area contributed by atoms with Crippen molar-refractivity contribution in [2.24, 2.45) is 0 Å². The molecule has 2 rings (SSSR count). The van der Waals surface area contributed by atoms with Crippen LogP contribution in [0, 0.1) is 0 Å². The maximum absolute atomic E-state index is 12.7. The van der Waals surface area contributed by atoms with E-state index in [2.05, 4.69) is 6.92 Å². The molecule has 0 unspecified atom stereocenters. The van der Waals surface area contributed by atoms with Crippen LogP contribution in [0.2, 0.25) is 0 Å². The van der Waals surface area contributed by atoms with Crippen molar-refractivity contribution in [3.63, 3.8) is 0 Å². The molecule has 0 spiro atoms. The molecule has 0 aromatic heterocycles. The van der Waals surface area contributed by atoms with Crippen molar-refractivity contribution < 1.29 is 13.2 Å². The van der Waals surface area contributed by atoms with Crippen LogP contribution in [-0.2, 0) is 14.6 Å². The SMILES string of the molecule is CCCC/C(=C1/CCCO1)S(=O)(=O)c1ccccc1. The second-order valence-corrected chi connectivity index (χ2v) is 6.69. The fourth-order valence-corrected chi connectivity index (χ4v) is 3.90. The third-order valence-electron chi connectivity index (χ3n) is 3.27. The highest BCUT2D eigenvalue weighted by molar-refractivity contribution is 7.95. The number of benzene rings is 1. The van der Waals surface area contributed by atoms with Crippen molar-refractivity contribution in [3.05, 3.63) is 41.0 Å². The summed E-state index contributed by atoms with van der Waals surface area (Å²) >= 11 is 0. The average molecular weight is 280 g/mol. The molecule has 1 heterocycles. The first-order valence-electron chi connectivity index (χ1n) is 6.81. The van der Waals surface area contributed by atoms with Gasteiger partial charge in [0.15, 0.2) is 0 Å². The highest BCUT2D eigenvalue weighted by atomic mass is 32.2. The van der Waals surface area contributed by atoms with Gasteiger partial charge in [0.2, 0.25) is 9.84 Å². The predicted molar refractivity (Wildman–Crippen MR) is 75.4 cm³/mol. The van der Waals surface area contributed by atoms with Crippen LogP contribution in [0.4, 0.5) is 0 Å². The molecule has 3 nitrogen and oxygen atoms in total. The Balaban J connectivity index is 2.41. The Morgan fingerprint density at radius 1 is 1.26 bits per heavy atom. The molecule has 1 aliphatic rings. The molecule has 0 N–H and O–H groups in total. The van der Waals surface area contributed by atoms with Crippen molar-refractivity contribution >= 4 is 9.84 Å². The molecule has 1 aliphatic heterocycles. The maximum atomic E-state index is 12.7. The normalized spacial score (nSPS) is 18.2. The minimum absolute atomic E-state index is 0.365. The van der Waals surface area contributed by atoms with Crippen LogP contribution in [0.5, 0.6) is 0 Å². The third kappa shape index (κ3) is 3.18. The molecular formula is C15H20O3S. The molecule has 104 valence electrons. The highest BCUT2D eigenvalue weighted by Crippen LogP contribution is 2.31. The number of sulfone groups is 1. The Bertz CT molecular complexity index is 536. The number of ether oxygens (including phenoxy) is 1. The predicted octanol–water partition coefficient (Wildman–Crippen LogP) is 3.67. The van der Waals surface area contributed by atoms with Gasteiger partial charge < -0.3 is 4.74 Å². The van der Waals surface area contributed by atoms with Gasteiger partial charge in [-0.05, 0) is 31.4 Å². The number of allylic oxidation sites excluding steroid dienone is 2. The van der Waals surface area contributed by atoms with Gasteiger partial charge in [-0.15, -0.1) is 0 Å². The van der Waals surface area contributed by atoms with Gasteiger partial charge in [-0.1, -0.05) is 31.5 Å². The van der Waals surface area contributed by atoms with Crippen LogP contribution in [0.1, 0.15) is 39.0 Å². The van der Waals surface area contributed by atoms with Crippen LogP contribution >= 0.6 is 0 Å². The maximum Gasteiger partial charge on any atom is 0.206 e. The molecule has 19 heavy (non-hydrogen) atoms. The molecule has 0 radical (unpaired) electrons. The summed E-state index contributed by atoms with van der Waals surface area (Å²) in [5.41, 5.74) is 0. The Morgan fingerprint density at radius 3 is 2.58 bits per heavy atom. The monoisotopic (exact) mass is 280 g/mol. The van der Waals surface area contributed by atoms with Crippen molar-refractivity contribution in [1.29, 1.82) is 0 Å². The summed E-state index contributed by atoms with van der Waals surface area (Å²) < 4.78 is 30.9. The zero-order valence-corrected chi connectivity index (χ0v) is 12.1. The van der Waals surface area contributed by atoms with E-state index in [1.54, 1.807) is 24.3 Å². The summed E-state index contributed by atoms with van der Waals surface area (Å²) in [6.07, 6.45) is 4.07. The van der Waals surface area contributed by atoms with Gasteiger partial charge >= 0.3 is 0 Å². The minimum atomic E-state index is -3.40. The number of rotatable bonds is 5. The fraction of sp³-hybridized carbons (Fsp3) is 0.467. The Labute approximate surface area is 115 Å². The van der Waals surface area contributed by atoms with Gasteiger partial charge in [-0.3, -0.25) is 0 Å². The zero-order valence-electron chi connectivity index (χ0n) is 11.3. The second-order valence-electron chi connectivity index (χ2n) is 4.72. The molecule has 1 aromatic carbocycles. The standard InChI is InChI=1S/C15H20O3S/c1-2-3-11-15(14-10-7-12-18-14)19(16,17)13-8-5-4-6-9-13/h4-6,8-9H,2-3,7,10-12H2,1H3/b15-14+. The van der Waals surface area contributed by atoms with E-state index in [1.165, 1.54) is 0 Å². The van der Waals surface area contributed by atoms with Crippen molar-refractivity contribution in [2.45, 2.75) is 43.9 Å². The minimum Gasteiger partial charge on any atom is -0.497 e. The lowest BCUT2D eigenvalue weighted by Gasteiger charge is -2.12. The van der Waals surface area contributed by atoms with E-state index in [-0.39, 0.29) is 0 Å². The van der Waals surface area contributed by atoms with E-state index >= 15 is 0 Å². The van der Waals surface area contributed by atoms with Gasteiger partial charge in [0.05, 0.1) is 16.4 Å². The summed E-state index contributed by atoms with van der Waals surface area (Å²) in [7, 11) is -3.40. The molecule has 4 heteroatoms. The van der Waals surface area contributed by atoms with Crippen LogP contribution in [-0.4, -0.2) is 15.0 Å². The average Bonchev–Trinajstić information content (AvgIpc) is 2.94. The first kappa shape index (κ1) is 14.1. The number of hydrogen-bond donors (Lipinski definition) is 0.